The second-order valence-electron chi connectivity index (χ2n) is 6.21. The van der Waals surface area contributed by atoms with Gasteiger partial charge in [-0.15, -0.1) is 0 Å². The SMILES string of the molecule is CCCCC[C@](C)(OCCC)C(=O)Nc1ccc(OCC)nc1C. The summed E-state index contributed by atoms with van der Waals surface area (Å²) >= 11 is 0. The quantitative estimate of drug-likeness (QED) is 0.605. The molecule has 1 amide bonds. The molecule has 1 heterocycles. The lowest BCUT2D eigenvalue weighted by atomic mass is 9.96. The van der Waals surface area contributed by atoms with Crippen LogP contribution in [0.3, 0.4) is 0 Å². The number of ether oxygens (including phenoxy) is 2. The molecule has 1 aromatic rings. The fourth-order valence-electron chi connectivity index (χ4n) is 2.44. The average molecular weight is 336 g/mol. The van der Waals surface area contributed by atoms with Crippen LogP contribution in [0.5, 0.6) is 5.88 Å². The number of nitrogens with one attached hydrogen (secondary N) is 1. The molecule has 0 bridgehead atoms. The fraction of sp³-hybridized carbons (Fsp3) is 0.684. The Labute approximate surface area is 146 Å². The van der Waals surface area contributed by atoms with Crippen LogP contribution in [0.1, 0.15) is 65.5 Å². The van der Waals surface area contributed by atoms with Gasteiger partial charge in [0, 0.05) is 12.7 Å². The summed E-state index contributed by atoms with van der Waals surface area (Å²) < 4.78 is 11.3. The lowest BCUT2D eigenvalue weighted by Gasteiger charge is -2.29. The number of anilines is 1. The molecule has 5 heteroatoms. The highest BCUT2D eigenvalue weighted by Crippen LogP contribution is 2.24. The minimum absolute atomic E-state index is 0.110. The monoisotopic (exact) mass is 336 g/mol. The first-order chi connectivity index (χ1) is 11.5. The van der Waals surface area contributed by atoms with E-state index in [0.717, 1.165) is 37.8 Å². The van der Waals surface area contributed by atoms with Gasteiger partial charge >= 0.3 is 0 Å². The van der Waals surface area contributed by atoms with Crippen LogP contribution in [0.25, 0.3) is 0 Å². The summed E-state index contributed by atoms with van der Waals surface area (Å²) in [6.07, 6.45) is 4.80. The van der Waals surface area contributed by atoms with Crippen molar-refractivity contribution in [2.75, 3.05) is 18.5 Å². The van der Waals surface area contributed by atoms with Crippen LogP contribution in [0.2, 0.25) is 0 Å². The molecule has 1 N–H and O–H groups in total. The second-order valence-corrected chi connectivity index (χ2v) is 6.21. The van der Waals surface area contributed by atoms with Gasteiger partial charge in [-0.1, -0.05) is 33.1 Å². The smallest absolute Gasteiger partial charge is 0.256 e. The normalized spacial score (nSPS) is 13.4. The van der Waals surface area contributed by atoms with Gasteiger partial charge in [0.05, 0.1) is 18.0 Å². The summed E-state index contributed by atoms with van der Waals surface area (Å²) in [4.78, 5) is 17.2. The molecule has 0 radical (unpaired) electrons. The Kier molecular flexibility index (Phi) is 8.76. The Bertz CT molecular complexity index is 519. The number of hydrogen-bond donors (Lipinski definition) is 1. The summed E-state index contributed by atoms with van der Waals surface area (Å²) in [6.45, 7) is 11.0. The highest BCUT2D eigenvalue weighted by molar-refractivity contribution is 5.97. The molecule has 0 saturated carbocycles. The minimum atomic E-state index is -0.809. The maximum atomic E-state index is 12.8. The molecule has 24 heavy (non-hydrogen) atoms. The predicted molar refractivity (Wildman–Crippen MR) is 97.6 cm³/mol. The molecule has 0 aliphatic heterocycles. The van der Waals surface area contributed by atoms with Gasteiger partial charge in [0.2, 0.25) is 5.88 Å². The van der Waals surface area contributed by atoms with Gasteiger partial charge in [0.1, 0.15) is 5.60 Å². The zero-order valence-electron chi connectivity index (χ0n) is 15.8. The Hall–Kier alpha value is -1.62. The van der Waals surface area contributed by atoms with Gasteiger partial charge in [0.25, 0.3) is 5.91 Å². The zero-order valence-corrected chi connectivity index (χ0v) is 15.8. The molecule has 136 valence electrons. The third kappa shape index (κ3) is 6.11. The molecule has 0 unspecified atom stereocenters. The number of nitrogens with zero attached hydrogens (tertiary/aromatic N) is 1. The van der Waals surface area contributed by atoms with E-state index in [1.165, 1.54) is 0 Å². The van der Waals surface area contributed by atoms with Crippen molar-refractivity contribution in [2.24, 2.45) is 0 Å². The van der Waals surface area contributed by atoms with E-state index >= 15 is 0 Å². The van der Waals surface area contributed by atoms with Crippen molar-refractivity contribution < 1.29 is 14.3 Å². The number of hydrogen-bond acceptors (Lipinski definition) is 4. The maximum Gasteiger partial charge on any atom is 0.256 e. The van der Waals surface area contributed by atoms with Crippen molar-refractivity contribution in [1.29, 1.82) is 0 Å². The third-order valence-electron chi connectivity index (χ3n) is 3.96. The van der Waals surface area contributed by atoms with E-state index < -0.39 is 5.60 Å². The fourth-order valence-corrected chi connectivity index (χ4v) is 2.44. The summed E-state index contributed by atoms with van der Waals surface area (Å²) in [5.74, 6) is 0.460. The predicted octanol–water partition coefficient (Wildman–Crippen LogP) is 4.49. The summed E-state index contributed by atoms with van der Waals surface area (Å²) in [6, 6.07) is 3.60. The Morgan fingerprint density at radius 1 is 1.21 bits per heavy atom. The van der Waals surface area contributed by atoms with Crippen LogP contribution in [-0.4, -0.2) is 29.7 Å². The largest absolute Gasteiger partial charge is 0.478 e. The number of unbranched alkanes of at least 4 members (excludes halogenated alkanes) is 2. The van der Waals surface area contributed by atoms with Gasteiger partial charge in [0.15, 0.2) is 0 Å². The highest BCUT2D eigenvalue weighted by Gasteiger charge is 2.33. The molecule has 5 nitrogen and oxygen atoms in total. The van der Waals surface area contributed by atoms with Crippen LogP contribution >= 0.6 is 0 Å². The van der Waals surface area contributed by atoms with Crippen LogP contribution in [0.4, 0.5) is 5.69 Å². The first-order valence-corrected chi connectivity index (χ1v) is 9.02. The van der Waals surface area contributed by atoms with E-state index in [1.54, 1.807) is 6.07 Å². The van der Waals surface area contributed by atoms with Gasteiger partial charge in [-0.25, -0.2) is 4.98 Å². The third-order valence-corrected chi connectivity index (χ3v) is 3.96. The van der Waals surface area contributed by atoms with Crippen molar-refractivity contribution in [1.82, 2.24) is 4.98 Å². The molecule has 1 atom stereocenters. The van der Waals surface area contributed by atoms with E-state index in [2.05, 4.69) is 17.2 Å². The van der Waals surface area contributed by atoms with E-state index in [4.69, 9.17) is 9.47 Å². The molecule has 1 aromatic heterocycles. The van der Waals surface area contributed by atoms with Gasteiger partial charge in [-0.3, -0.25) is 4.79 Å². The van der Waals surface area contributed by atoms with Gasteiger partial charge in [-0.2, -0.15) is 0 Å². The molecule has 0 aliphatic rings. The summed E-state index contributed by atoms with van der Waals surface area (Å²) in [7, 11) is 0. The number of amides is 1. The number of carbonyl (C=O) groups is 1. The molecule has 1 rings (SSSR count). The topological polar surface area (TPSA) is 60.5 Å². The van der Waals surface area contributed by atoms with E-state index in [-0.39, 0.29) is 5.91 Å². The molecule has 0 saturated heterocycles. The highest BCUT2D eigenvalue weighted by atomic mass is 16.5. The van der Waals surface area contributed by atoms with Crippen molar-refractivity contribution in [2.45, 2.75) is 72.3 Å². The Morgan fingerprint density at radius 3 is 2.54 bits per heavy atom. The summed E-state index contributed by atoms with van der Waals surface area (Å²) in [5, 5.41) is 2.97. The molecule has 0 fully saturated rings. The van der Waals surface area contributed by atoms with Crippen molar-refractivity contribution in [3.63, 3.8) is 0 Å². The van der Waals surface area contributed by atoms with Gasteiger partial charge < -0.3 is 14.8 Å². The molecule has 0 aliphatic carbocycles. The zero-order chi connectivity index (χ0) is 18.0. The molecular formula is C19H32N2O3. The number of aromatic nitrogens is 1. The molecular weight excluding hydrogens is 304 g/mol. The average Bonchev–Trinajstić information content (AvgIpc) is 2.56. The first kappa shape index (κ1) is 20.4. The van der Waals surface area contributed by atoms with Crippen LogP contribution in [0, 0.1) is 6.92 Å². The lowest BCUT2D eigenvalue weighted by molar-refractivity contribution is -0.140. The summed E-state index contributed by atoms with van der Waals surface area (Å²) in [5.41, 5.74) is 0.627. The number of pyridine rings is 1. The van der Waals surface area contributed by atoms with Crippen molar-refractivity contribution in [3.8, 4) is 5.88 Å². The van der Waals surface area contributed by atoms with E-state index in [1.807, 2.05) is 33.8 Å². The van der Waals surface area contributed by atoms with Gasteiger partial charge in [-0.05, 0) is 39.7 Å². The lowest BCUT2D eigenvalue weighted by Crippen LogP contribution is -2.43. The van der Waals surface area contributed by atoms with Crippen LogP contribution in [0.15, 0.2) is 12.1 Å². The maximum absolute atomic E-state index is 12.8. The minimum Gasteiger partial charge on any atom is -0.478 e. The second kappa shape index (κ2) is 10.3. The number of aryl methyl sites for hydroxylation is 1. The standard InChI is InChI=1S/C19H32N2O3/c1-6-9-10-13-19(5,24-14-7-2)18(22)21-16-11-12-17(23-8-3)20-15(16)4/h11-12H,6-10,13-14H2,1-5H3,(H,21,22)/t19-/m0/s1. The van der Waals surface area contributed by atoms with Crippen LogP contribution < -0.4 is 10.1 Å². The van der Waals surface area contributed by atoms with Crippen molar-refractivity contribution >= 4 is 11.6 Å². The van der Waals surface area contributed by atoms with E-state index in [0.29, 0.717) is 24.8 Å². The van der Waals surface area contributed by atoms with Crippen molar-refractivity contribution in [3.05, 3.63) is 17.8 Å². The molecule has 0 aromatic carbocycles. The van der Waals surface area contributed by atoms with Crippen LogP contribution in [-0.2, 0) is 9.53 Å². The number of carbonyl (C=O) groups excluding carboxylic acids is 1. The Balaban J connectivity index is 2.82. The number of rotatable bonds is 11. The van der Waals surface area contributed by atoms with E-state index in [9.17, 15) is 4.79 Å². The first-order valence-electron chi connectivity index (χ1n) is 9.02. The molecule has 0 spiro atoms. The Morgan fingerprint density at radius 2 is 1.96 bits per heavy atom.